The monoisotopic (exact) mass is 349 g/mol. The molecule has 1 aromatic rings. The number of esters is 1. The number of ether oxygens (including phenoxy) is 3. The molecule has 0 bridgehead atoms. The van der Waals surface area contributed by atoms with E-state index in [4.69, 9.17) is 14.2 Å². The van der Waals surface area contributed by atoms with Gasteiger partial charge in [-0.05, 0) is 45.9 Å². The second-order valence-corrected chi connectivity index (χ2v) is 7.03. The summed E-state index contributed by atoms with van der Waals surface area (Å²) in [6, 6.07) is 6.99. The summed E-state index contributed by atoms with van der Waals surface area (Å²) in [6.07, 6.45) is 1.18. The molecule has 0 unspecified atom stereocenters. The van der Waals surface area contributed by atoms with Crippen LogP contribution in [0.25, 0.3) is 0 Å². The zero-order valence-corrected chi connectivity index (χ0v) is 15.4. The van der Waals surface area contributed by atoms with E-state index < -0.39 is 5.60 Å². The predicted octanol–water partition coefficient (Wildman–Crippen LogP) is 3.64. The normalized spacial score (nSPS) is 15.6. The standard InChI is InChI=1S/C19H27NO5/c1-5-23-17(21)14-7-6-8-16(13-14)24-15-9-11-20(12-10-15)18(22)25-19(2,3)4/h6-8,13,15H,5,9-12H2,1-4H3. The Balaban J connectivity index is 1.87. The van der Waals surface area contributed by atoms with Crippen LogP contribution in [0.5, 0.6) is 5.75 Å². The first-order valence-corrected chi connectivity index (χ1v) is 8.70. The third kappa shape index (κ3) is 5.96. The Morgan fingerprint density at radius 3 is 2.48 bits per heavy atom. The zero-order valence-electron chi connectivity index (χ0n) is 15.4. The van der Waals surface area contributed by atoms with Crippen molar-refractivity contribution < 1.29 is 23.8 Å². The molecule has 1 aliphatic heterocycles. The summed E-state index contributed by atoms with van der Waals surface area (Å²) in [7, 11) is 0. The minimum Gasteiger partial charge on any atom is -0.490 e. The molecule has 1 amide bonds. The molecule has 0 aliphatic carbocycles. The van der Waals surface area contributed by atoms with Crippen molar-refractivity contribution in [1.82, 2.24) is 4.90 Å². The summed E-state index contributed by atoms with van der Waals surface area (Å²) >= 11 is 0. The SMILES string of the molecule is CCOC(=O)c1cccc(OC2CCN(C(=O)OC(C)(C)C)CC2)c1. The molecule has 1 aliphatic rings. The van der Waals surface area contributed by atoms with Gasteiger partial charge in [0.2, 0.25) is 0 Å². The Bertz CT molecular complexity index is 600. The first-order chi connectivity index (χ1) is 11.8. The average molecular weight is 349 g/mol. The van der Waals surface area contributed by atoms with Crippen molar-refractivity contribution in [3.63, 3.8) is 0 Å². The Hall–Kier alpha value is -2.24. The average Bonchev–Trinajstić information content (AvgIpc) is 2.54. The van der Waals surface area contributed by atoms with Crippen LogP contribution >= 0.6 is 0 Å². The third-order valence-corrected chi connectivity index (χ3v) is 3.74. The van der Waals surface area contributed by atoms with Crippen molar-refractivity contribution in [2.75, 3.05) is 19.7 Å². The van der Waals surface area contributed by atoms with E-state index in [1.807, 2.05) is 26.8 Å². The van der Waals surface area contributed by atoms with E-state index in [-0.39, 0.29) is 18.2 Å². The van der Waals surface area contributed by atoms with Crippen LogP contribution in [0, 0.1) is 0 Å². The molecule has 25 heavy (non-hydrogen) atoms. The Morgan fingerprint density at radius 1 is 1.20 bits per heavy atom. The number of benzene rings is 1. The predicted molar refractivity (Wildman–Crippen MR) is 93.9 cm³/mol. The van der Waals surface area contributed by atoms with Crippen molar-refractivity contribution >= 4 is 12.1 Å². The highest BCUT2D eigenvalue weighted by atomic mass is 16.6. The highest BCUT2D eigenvalue weighted by Gasteiger charge is 2.27. The van der Waals surface area contributed by atoms with Gasteiger partial charge < -0.3 is 19.1 Å². The van der Waals surface area contributed by atoms with Crippen LogP contribution in [0.15, 0.2) is 24.3 Å². The molecular formula is C19H27NO5. The lowest BCUT2D eigenvalue weighted by Crippen LogP contribution is -2.44. The summed E-state index contributed by atoms with van der Waals surface area (Å²) in [5, 5.41) is 0. The minimum absolute atomic E-state index is 0.0103. The maximum Gasteiger partial charge on any atom is 0.410 e. The maximum atomic E-state index is 12.1. The highest BCUT2D eigenvalue weighted by Crippen LogP contribution is 2.22. The van der Waals surface area contributed by atoms with E-state index in [0.29, 0.717) is 31.0 Å². The van der Waals surface area contributed by atoms with Gasteiger partial charge in [0.15, 0.2) is 0 Å². The minimum atomic E-state index is -0.488. The Labute approximate surface area is 149 Å². The van der Waals surface area contributed by atoms with Gasteiger partial charge in [0.05, 0.1) is 12.2 Å². The molecule has 138 valence electrons. The van der Waals surface area contributed by atoms with Gasteiger partial charge in [0, 0.05) is 25.9 Å². The van der Waals surface area contributed by atoms with Gasteiger partial charge in [-0.15, -0.1) is 0 Å². The third-order valence-electron chi connectivity index (χ3n) is 3.74. The van der Waals surface area contributed by atoms with Crippen LogP contribution in [0.1, 0.15) is 50.9 Å². The molecule has 0 saturated carbocycles. The maximum absolute atomic E-state index is 12.1. The number of hydrogen-bond acceptors (Lipinski definition) is 5. The van der Waals surface area contributed by atoms with E-state index in [2.05, 4.69) is 0 Å². The molecule has 0 radical (unpaired) electrons. The molecule has 0 N–H and O–H groups in total. The van der Waals surface area contributed by atoms with E-state index >= 15 is 0 Å². The van der Waals surface area contributed by atoms with Crippen LogP contribution in [-0.2, 0) is 9.47 Å². The lowest BCUT2D eigenvalue weighted by Gasteiger charge is -2.33. The van der Waals surface area contributed by atoms with Crippen LogP contribution in [-0.4, -0.2) is 48.4 Å². The summed E-state index contributed by atoms with van der Waals surface area (Å²) in [5.41, 5.74) is -0.0108. The van der Waals surface area contributed by atoms with Gasteiger partial charge in [0.25, 0.3) is 0 Å². The van der Waals surface area contributed by atoms with Crippen LogP contribution in [0.3, 0.4) is 0 Å². The number of carbonyl (C=O) groups is 2. The van der Waals surface area contributed by atoms with Crippen molar-refractivity contribution in [1.29, 1.82) is 0 Å². The van der Waals surface area contributed by atoms with Gasteiger partial charge in [0.1, 0.15) is 17.5 Å². The lowest BCUT2D eigenvalue weighted by atomic mass is 10.1. The lowest BCUT2D eigenvalue weighted by molar-refractivity contribution is 0.0126. The van der Waals surface area contributed by atoms with Gasteiger partial charge >= 0.3 is 12.1 Å². The molecule has 0 spiro atoms. The zero-order chi connectivity index (χ0) is 18.4. The quantitative estimate of drug-likeness (QED) is 0.777. The number of piperidine rings is 1. The van der Waals surface area contributed by atoms with Gasteiger partial charge in [-0.3, -0.25) is 0 Å². The highest BCUT2D eigenvalue weighted by molar-refractivity contribution is 5.89. The molecule has 1 fully saturated rings. The molecule has 0 aromatic heterocycles. The van der Waals surface area contributed by atoms with E-state index in [1.165, 1.54) is 0 Å². The molecular weight excluding hydrogens is 322 g/mol. The van der Waals surface area contributed by atoms with Gasteiger partial charge in [-0.2, -0.15) is 0 Å². The van der Waals surface area contributed by atoms with Crippen LogP contribution in [0.4, 0.5) is 4.79 Å². The molecule has 1 heterocycles. The number of rotatable bonds is 4. The molecule has 2 rings (SSSR count). The van der Waals surface area contributed by atoms with Crippen molar-refractivity contribution in [3.8, 4) is 5.75 Å². The molecule has 0 atom stereocenters. The molecule has 6 nitrogen and oxygen atoms in total. The smallest absolute Gasteiger partial charge is 0.410 e. The van der Waals surface area contributed by atoms with Crippen molar-refractivity contribution in [2.45, 2.75) is 52.2 Å². The topological polar surface area (TPSA) is 65.1 Å². The summed E-state index contributed by atoms with van der Waals surface area (Å²) < 4.78 is 16.4. The first-order valence-electron chi connectivity index (χ1n) is 8.70. The summed E-state index contributed by atoms with van der Waals surface area (Å²) in [5.74, 6) is 0.286. The van der Waals surface area contributed by atoms with Crippen molar-refractivity contribution in [3.05, 3.63) is 29.8 Å². The second-order valence-electron chi connectivity index (χ2n) is 7.03. The van der Waals surface area contributed by atoms with Gasteiger partial charge in [-0.1, -0.05) is 6.07 Å². The van der Waals surface area contributed by atoms with Gasteiger partial charge in [-0.25, -0.2) is 9.59 Å². The van der Waals surface area contributed by atoms with E-state index in [1.54, 1.807) is 30.0 Å². The molecule has 1 aromatic carbocycles. The van der Waals surface area contributed by atoms with E-state index in [0.717, 1.165) is 12.8 Å². The summed E-state index contributed by atoms with van der Waals surface area (Å²) in [4.78, 5) is 25.6. The fraction of sp³-hybridized carbons (Fsp3) is 0.579. The van der Waals surface area contributed by atoms with Crippen LogP contribution in [0.2, 0.25) is 0 Å². The first kappa shape index (κ1) is 19.1. The summed E-state index contributed by atoms with van der Waals surface area (Å²) in [6.45, 7) is 8.88. The number of likely N-dealkylation sites (tertiary alicyclic amines) is 1. The molecule has 1 saturated heterocycles. The van der Waals surface area contributed by atoms with Crippen LogP contribution < -0.4 is 4.74 Å². The Morgan fingerprint density at radius 2 is 1.88 bits per heavy atom. The number of carbonyl (C=O) groups excluding carboxylic acids is 2. The van der Waals surface area contributed by atoms with Crippen molar-refractivity contribution in [2.24, 2.45) is 0 Å². The fourth-order valence-electron chi connectivity index (χ4n) is 2.59. The second kappa shape index (κ2) is 8.23. The van der Waals surface area contributed by atoms with E-state index in [9.17, 15) is 9.59 Å². The molecule has 6 heteroatoms. The number of nitrogens with zero attached hydrogens (tertiary/aromatic N) is 1. The Kier molecular flexibility index (Phi) is 6.28. The number of amides is 1. The fourth-order valence-corrected chi connectivity index (χ4v) is 2.59. The number of hydrogen-bond donors (Lipinski definition) is 0. The largest absolute Gasteiger partial charge is 0.490 e.